The quantitative estimate of drug-likeness (QED) is 0.818. The zero-order valence-corrected chi connectivity index (χ0v) is 17.2. The smallest absolute Gasteiger partial charge is 0.349 e. The fourth-order valence-electron chi connectivity index (χ4n) is 5.18. The van der Waals surface area contributed by atoms with Crippen LogP contribution in [0.3, 0.4) is 0 Å². The van der Waals surface area contributed by atoms with E-state index in [2.05, 4.69) is 17.4 Å². The highest BCUT2D eigenvalue weighted by Gasteiger charge is 2.42. The normalized spacial score (nSPS) is 24.4. The number of benzene rings is 1. The van der Waals surface area contributed by atoms with Crippen molar-refractivity contribution >= 4 is 17.5 Å². The maximum Gasteiger partial charge on any atom is 0.362 e. The van der Waals surface area contributed by atoms with Gasteiger partial charge >= 0.3 is 5.63 Å². The van der Waals surface area contributed by atoms with Gasteiger partial charge in [-0.25, -0.2) is 4.79 Å². The Hall–Kier alpha value is -2.14. The molecule has 1 amide bonds. The first kappa shape index (κ1) is 19.2. The summed E-state index contributed by atoms with van der Waals surface area (Å²) in [5, 5.41) is 7.37. The van der Waals surface area contributed by atoms with Crippen LogP contribution in [0.5, 0.6) is 0 Å². The molecule has 1 aromatic heterocycles. The zero-order chi connectivity index (χ0) is 20.0. The molecule has 2 fully saturated rings. The summed E-state index contributed by atoms with van der Waals surface area (Å²) in [6.07, 6.45) is 5.15. The first-order valence-corrected chi connectivity index (χ1v) is 10.3. The molecule has 2 aromatic rings. The van der Waals surface area contributed by atoms with E-state index in [1.807, 2.05) is 0 Å². The van der Waals surface area contributed by atoms with Crippen molar-refractivity contribution in [1.82, 2.24) is 10.5 Å². The monoisotopic (exact) mass is 400 g/mol. The van der Waals surface area contributed by atoms with Crippen molar-refractivity contribution in [3.63, 3.8) is 0 Å². The zero-order valence-electron chi connectivity index (χ0n) is 16.4. The van der Waals surface area contributed by atoms with Gasteiger partial charge in [0, 0.05) is 17.2 Å². The van der Waals surface area contributed by atoms with Crippen LogP contribution in [-0.4, -0.2) is 17.1 Å². The molecule has 2 saturated carbocycles. The number of carbonyl (C=O) groups is 1. The second-order valence-corrected chi connectivity index (χ2v) is 8.76. The van der Waals surface area contributed by atoms with E-state index in [1.54, 1.807) is 32.0 Å². The first-order valence-electron chi connectivity index (χ1n) is 9.93. The molecule has 0 saturated heterocycles. The van der Waals surface area contributed by atoms with E-state index in [9.17, 15) is 9.59 Å². The standard InChI is InChI=1S/C22H25ClN2O3/c1-11-20(13(3)25-28-22(11)27)16-6-7-19(23)18(10-16)21(26)24-12(2)17-9-14-4-5-15(17)8-14/h6-7,10,12,14-15,17H,4-5,8-9H2,1-3H3,(H,24,26). The van der Waals surface area contributed by atoms with Crippen LogP contribution in [0.25, 0.3) is 11.1 Å². The van der Waals surface area contributed by atoms with Crippen LogP contribution in [0.4, 0.5) is 0 Å². The van der Waals surface area contributed by atoms with Crippen LogP contribution in [-0.2, 0) is 0 Å². The molecule has 2 aliphatic carbocycles. The average Bonchev–Trinajstić information content (AvgIpc) is 3.29. The maximum atomic E-state index is 13.0. The number of aryl methyl sites for hydroxylation is 1. The number of rotatable bonds is 4. The second kappa shape index (κ2) is 7.36. The SMILES string of the molecule is Cc1noc(=O)c(C)c1-c1ccc(Cl)c(C(=O)NC(C)C2CC3CCC2C3)c1. The Morgan fingerprint density at radius 3 is 2.75 bits per heavy atom. The Balaban J connectivity index is 1.60. The second-order valence-electron chi connectivity index (χ2n) is 8.35. The van der Waals surface area contributed by atoms with Gasteiger partial charge in [-0.15, -0.1) is 0 Å². The van der Waals surface area contributed by atoms with Crippen molar-refractivity contribution < 1.29 is 9.32 Å². The predicted octanol–water partition coefficient (Wildman–Crippen LogP) is 4.53. The number of hydrogen-bond acceptors (Lipinski definition) is 4. The fraction of sp³-hybridized carbons (Fsp3) is 0.500. The molecule has 2 aliphatic rings. The molecule has 1 aromatic carbocycles. The van der Waals surface area contributed by atoms with Crippen LogP contribution in [0, 0.1) is 31.6 Å². The lowest BCUT2D eigenvalue weighted by atomic mass is 9.84. The lowest BCUT2D eigenvalue weighted by molar-refractivity contribution is 0.0915. The topological polar surface area (TPSA) is 72.2 Å². The van der Waals surface area contributed by atoms with Crippen LogP contribution in [0.15, 0.2) is 27.5 Å². The summed E-state index contributed by atoms with van der Waals surface area (Å²) in [6, 6.07) is 5.36. The number of fused-ring (bicyclic) bond motifs is 2. The molecule has 0 spiro atoms. The van der Waals surface area contributed by atoms with E-state index < -0.39 is 5.63 Å². The van der Waals surface area contributed by atoms with Crippen LogP contribution < -0.4 is 10.9 Å². The van der Waals surface area contributed by atoms with Crippen molar-refractivity contribution in [3.8, 4) is 11.1 Å². The molecular weight excluding hydrogens is 376 g/mol. The Morgan fingerprint density at radius 1 is 1.29 bits per heavy atom. The summed E-state index contributed by atoms with van der Waals surface area (Å²) in [5.74, 6) is 1.96. The van der Waals surface area contributed by atoms with Gasteiger partial charge in [0.2, 0.25) is 0 Å². The predicted molar refractivity (Wildman–Crippen MR) is 109 cm³/mol. The van der Waals surface area contributed by atoms with Gasteiger partial charge in [-0.3, -0.25) is 4.79 Å². The summed E-state index contributed by atoms with van der Waals surface area (Å²) in [7, 11) is 0. The molecule has 1 heterocycles. The molecule has 148 valence electrons. The van der Waals surface area contributed by atoms with Gasteiger partial charge in [-0.1, -0.05) is 29.2 Å². The molecule has 4 unspecified atom stereocenters. The number of aromatic nitrogens is 1. The number of nitrogens with zero attached hydrogens (tertiary/aromatic N) is 1. The van der Waals surface area contributed by atoms with Crippen LogP contribution in [0.2, 0.25) is 5.02 Å². The number of nitrogens with one attached hydrogen (secondary N) is 1. The van der Waals surface area contributed by atoms with Crippen molar-refractivity contribution in [3.05, 3.63) is 50.5 Å². The van der Waals surface area contributed by atoms with Crippen LogP contribution in [0.1, 0.15) is 54.2 Å². The van der Waals surface area contributed by atoms with Crippen molar-refractivity contribution in [2.75, 3.05) is 0 Å². The van der Waals surface area contributed by atoms with Gasteiger partial charge in [-0.2, -0.15) is 0 Å². The molecular formula is C22H25ClN2O3. The van der Waals surface area contributed by atoms with Gasteiger partial charge < -0.3 is 9.84 Å². The third-order valence-electron chi connectivity index (χ3n) is 6.60. The first-order chi connectivity index (χ1) is 13.3. The Bertz CT molecular complexity index is 984. The van der Waals surface area contributed by atoms with Crippen LogP contribution >= 0.6 is 11.6 Å². The van der Waals surface area contributed by atoms with Gasteiger partial charge in [0.25, 0.3) is 5.91 Å². The molecule has 0 radical (unpaired) electrons. The highest BCUT2D eigenvalue weighted by Crippen LogP contribution is 2.49. The lowest BCUT2D eigenvalue weighted by Crippen LogP contribution is -2.40. The minimum absolute atomic E-state index is 0.122. The Labute approximate surface area is 169 Å². The minimum Gasteiger partial charge on any atom is -0.349 e. The minimum atomic E-state index is -0.480. The summed E-state index contributed by atoms with van der Waals surface area (Å²) >= 11 is 6.34. The number of amides is 1. The van der Waals surface area contributed by atoms with Crippen molar-refractivity contribution in [1.29, 1.82) is 0 Å². The summed E-state index contributed by atoms with van der Waals surface area (Å²) in [6.45, 7) is 5.57. The Kier molecular flexibility index (Phi) is 5.04. The molecule has 0 aliphatic heterocycles. The molecule has 5 nitrogen and oxygen atoms in total. The van der Waals surface area contributed by atoms with Gasteiger partial charge in [0.1, 0.15) is 0 Å². The number of hydrogen-bond donors (Lipinski definition) is 1. The van der Waals surface area contributed by atoms with Gasteiger partial charge in [-0.05, 0) is 75.5 Å². The highest BCUT2D eigenvalue weighted by atomic mass is 35.5. The molecule has 6 heteroatoms. The van der Waals surface area contributed by atoms with E-state index in [-0.39, 0.29) is 11.9 Å². The summed E-state index contributed by atoms with van der Waals surface area (Å²) < 4.78 is 4.78. The average molecular weight is 401 g/mol. The van der Waals surface area contributed by atoms with Gasteiger partial charge in [0.15, 0.2) is 0 Å². The highest BCUT2D eigenvalue weighted by molar-refractivity contribution is 6.34. The third-order valence-corrected chi connectivity index (χ3v) is 6.93. The van der Waals surface area contributed by atoms with E-state index >= 15 is 0 Å². The van der Waals surface area contributed by atoms with E-state index in [0.717, 1.165) is 17.4 Å². The van der Waals surface area contributed by atoms with E-state index in [0.29, 0.717) is 33.3 Å². The Morgan fingerprint density at radius 2 is 2.07 bits per heavy atom. The van der Waals surface area contributed by atoms with Crippen molar-refractivity contribution in [2.45, 2.75) is 52.5 Å². The largest absolute Gasteiger partial charge is 0.362 e. The molecule has 1 N–H and O–H groups in total. The molecule has 4 rings (SSSR count). The summed E-state index contributed by atoms with van der Waals surface area (Å²) in [4.78, 5) is 24.8. The maximum absolute atomic E-state index is 13.0. The van der Waals surface area contributed by atoms with E-state index in [1.165, 1.54) is 25.7 Å². The van der Waals surface area contributed by atoms with E-state index in [4.69, 9.17) is 16.1 Å². The lowest BCUT2D eigenvalue weighted by Gasteiger charge is -2.28. The third kappa shape index (κ3) is 3.37. The number of halogens is 1. The summed E-state index contributed by atoms with van der Waals surface area (Å²) in [5.41, 5.74) is 2.42. The van der Waals surface area contributed by atoms with Crippen molar-refractivity contribution in [2.24, 2.45) is 17.8 Å². The molecule has 28 heavy (non-hydrogen) atoms. The molecule has 4 atom stereocenters. The number of carbonyl (C=O) groups excluding carboxylic acids is 1. The fourth-order valence-corrected chi connectivity index (χ4v) is 5.38. The van der Waals surface area contributed by atoms with Gasteiger partial charge in [0.05, 0.1) is 16.3 Å². The molecule has 2 bridgehead atoms.